The van der Waals surface area contributed by atoms with Crippen LogP contribution < -0.4 is 5.32 Å². The molecule has 2 heterocycles. The molecule has 2 aliphatic rings. The molecule has 1 aromatic heterocycles. The molecule has 2 N–H and O–H groups in total. The Bertz CT molecular complexity index is 946. The van der Waals surface area contributed by atoms with Gasteiger partial charge in [-0.3, -0.25) is 9.69 Å². The van der Waals surface area contributed by atoms with E-state index in [1.54, 1.807) is 0 Å². The molecular weight excluding hydrogens is 438 g/mol. The van der Waals surface area contributed by atoms with Crippen molar-refractivity contribution in [3.05, 3.63) is 33.4 Å². The first-order valence-electron chi connectivity index (χ1n) is 11.7. The van der Waals surface area contributed by atoms with Gasteiger partial charge in [-0.25, -0.2) is 0 Å². The molecule has 1 aromatic carbocycles. The van der Waals surface area contributed by atoms with Crippen molar-refractivity contribution in [2.45, 2.75) is 84.7 Å². The van der Waals surface area contributed by atoms with Crippen LogP contribution in [0.3, 0.4) is 0 Å². The van der Waals surface area contributed by atoms with Crippen molar-refractivity contribution in [2.75, 3.05) is 13.1 Å². The zero-order valence-electron chi connectivity index (χ0n) is 19.1. The maximum absolute atomic E-state index is 13.1. The fraction of sp³-hybridized carbons (Fsp3) is 0.640. The fourth-order valence-electron chi connectivity index (χ4n) is 5.68. The summed E-state index contributed by atoms with van der Waals surface area (Å²) >= 11 is 3.74. The SMILES string of the molecule is CCCN1C[C@@H](NC(=O)C(C)(CC)CC)C[C@@H]2c3cc(Br)cc4[nH]c(C)c(c34)C[C@H]21. The van der Waals surface area contributed by atoms with E-state index in [1.807, 2.05) is 0 Å². The Morgan fingerprint density at radius 1 is 1.30 bits per heavy atom. The standard InChI is InChI=1S/C25H36BrN3O/c1-6-9-29-14-17(28-24(30)25(5,7-2)8-3)12-19-20-10-16(26)11-21-23(20)18(13-22(19)29)15(4)27-21/h10-11,17,19,22,27H,6-9,12-14H2,1-5H3,(H,28,30)/t17-,19+,22+/m0/s1. The van der Waals surface area contributed by atoms with Gasteiger partial charge in [0.05, 0.1) is 0 Å². The second-order valence-electron chi connectivity index (χ2n) is 9.69. The van der Waals surface area contributed by atoms with Gasteiger partial charge in [-0.1, -0.05) is 43.6 Å². The first-order valence-corrected chi connectivity index (χ1v) is 12.5. The molecule has 164 valence electrons. The van der Waals surface area contributed by atoms with Gasteiger partial charge in [-0.2, -0.15) is 0 Å². The highest BCUT2D eigenvalue weighted by Crippen LogP contribution is 2.45. The molecule has 0 unspecified atom stereocenters. The molecule has 1 aliphatic carbocycles. The third kappa shape index (κ3) is 3.62. The Hall–Kier alpha value is -1.33. The van der Waals surface area contributed by atoms with E-state index >= 15 is 0 Å². The number of rotatable bonds is 6. The molecule has 0 saturated carbocycles. The normalized spacial score (nSPS) is 24.1. The molecule has 1 aliphatic heterocycles. The number of aryl methyl sites for hydroxylation is 1. The van der Waals surface area contributed by atoms with Gasteiger partial charge < -0.3 is 10.3 Å². The van der Waals surface area contributed by atoms with E-state index in [-0.39, 0.29) is 17.4 Å². The van der Waals surface area contributed by atoms with Crippen molar-refractivity contribution in [1.29, 1.82) is 0 Å². The van der Waals surface area contributed by atoms with E-state index in [1.165, 1.54) is 27.7 Å². The number of carbonyl (C=O) groups excluding carboxylic acids is 1. The molecule has 5 heteroatoms. The van der Waals surface area contributed by atoms with Crippen LogP contribution in [0, 0.1) is 12.3 Å². The average molecular weight is 474 g/mol. The van der Waals surface area contributed by atoms with Crippen molar-refractivity contribution < 1.29 is 4.79 Å². The Balaban J connectivity index is 1.70. The highest BCUT2D eigenvalue weighted by molar-refractivity contribution is 9.10. The van der Waals surface area contributed by atoms with Crippen molar-refractivity contribution >= 4 is 32.7 Å². The summed E-state index contributed by atoms with van der Waals surface area (Å²) in [5.74, 6) is 0.675. The lowest BCUT2D eigenvalue weighted by atomic mass is 9.73. The van der Waals surface area contributed by atoms with Crippen LogP contribution in [0.15, 0.2) is 16.6 Å². The summed E-state index contributed by atoms with van der Waals surface area (Å²) in [4.78, 5) is 19.4. The van der Waals surface area contributed by atoms with Gasteiger partial charge in [0.25, 0.3) is 0 Å². The molecule has 1 saturated heterocycles. The number of benzene rings is 1. The summed E-state index contributed by atoms with van der Waals surface area (Å²) in [5.41, 5.74) is 5.21. The topological polar surface area (TPSA) is 48.1 Å². The highest BCUT2D eigenvalue weighted by atomic mass is 79.9. The summed E-state index contributed by atoms with van der Waals surface area (Å²) in [6.45, 7) is 12.9. The molecule has 2 aromatic rings. The van der Waals surface area contributed by atoms with Gasteiger partial charge in [-0.05, 0) is 68.8 Å². The molecule has 1 fully saturated rings. The lowest BCUT2D eigenvalue weighted by molar-refractivity contribution is -0.132. The number of hydrogen-bond donors (Lipinski definition) is 2. The monoisotopic (exact) mass is 473 g/mol. The van der Waals surface area contributed by atoms with Crippen molar-refractivity contribution in [2.24, 2.45) is 5.41 Å². The fourth-order valence-corrected chi connectivity index (χ4v) is 6.16. The largest absolute Gasteiger partial charge is 0.358 e. The molecule has 30 heavy (non-hydrogen) atoms. The quantitative estimate of drug-likeness (QED) is 0.567. The molecule has 4 rings (SSSR count). The third-order valence-corrected chi connectivity index (χ3v) is 8.36. The van der Waals surface area contributed by atoms with Crippen LogP contribution >= 0.6 is 15.9 Å². The van der Waals surface area contributed by atoms with Gasteiger partial charge in [0, 0.05) is 51.0 Å². The minimum atomic E-state index is -0.271. The maximum atomic E-state index is 13.1. The molecule has 0 radical (unpaired) electrons. The van der Waals surface area contributed by atoms with E-state index in [9.17, 15) is 4.79 Å². The van der Waals surface area contributed by atoms with E-state index in [0.717, 1.165) is 49.7 Å². The predicted molar refractivity (Wildman–Crippen MR) is 128 cm³/mol. The first-order chi connectivity index (χ1) is 14.3. The number of halogens is 1. The zero-order chi connectivity index (χ0) is 21.6. The summed E-state index contributed by atoms with van der Waals surface area (Å²) in [7, 11) is 0. The highest BCUT2D eigenvalue weighted by Gasteiger charge is 2.42. The molecule has 0 spiro atoms. The lowest BCUT2D eigenvalue weighted by Crippen LogP contribution is -2.57. The smallest absolute Gasteiger partial charge is 0.226 e. The van der Waals surface area contributed by atoms with Gasteiger partial charge in [0.15, 0.2) is 0 Å². The zero-order valence-corrected chi connectivity index (χ0v) is 20.7. The lowest BCUT2D eigenvalue weighted by Gasteiger charge is -2.48. The molecule has 1 amide bonds. The number of amides is 1. The number of nitrogens with one attached hydrogen (secondary N) is 2. The van der Waals surface area contributed by atoms with Crippen LogP contribution in [0.4, 0.5) is 0 Å². The number of fused-ring (bicyclic) bond motifs is 2. The van der Waals surface area contributed by atoms with Crippen LogP contribution in [0.1, 0.15) is 76.1 Å². The number of H-pyrrole nitrogens is 1. The molecule has 0 bridgehead atoms. The van der Waals surface area contributed by atoms with Crippen molar-refractivity contribution in [3.63, 3.8) is 0 Å². The van der Waals surface area contributed by atoms with Gasteiger partial charge in [-0.15, -0.1) is 0 Å². The molecular formula is C25H36BrN3O. The number of aromatic amines is 1. The second-order valence-corrected chi connectivity index (χ2v) is 10.6. The predicted octanol–water partition coefficient (Wildman–Crippen LogP) is 5.67. The van der Waals surface area contributed by atoms with Gasteiger partial charge >= 0.3 is 0 Å². The number of likely N-dealkylation sites (tertiary alicyclic amines) is 1. The van der Waals surface area contributed by atoms with E-state index < -0.39 is 0 Å². The molecule has 4 nitrogen and oxygen atoms in total. The van der Waals surface area contributed by atoms with Crippen molar-refractivity contribution in [1.82, 2.24) is 15.2 Å². The summed E-state index contributed by atoms with van der Waals surface area (Å²) < 4.78 is 1.14. The Morgan fingerprint density at radius 2 is 2.03 bits per heavy atom. The number of carbonyl (C=O) groups is 1. The van der Waals surface area contributed by atoms with Crippen LogP contribution in [0.5, 0.6) is 0 Å². The van der Waals surface area contributed by atoms with Crippen molar-refractivity contribution in [3.8, 4) is 0 Å². The number of hydrogen-bond acceptors (Lipinski definition) is 2. The van der Waals surface area contributed by atoms with Crippen LogP contribution in [0.25, 0.3) is 10.9 Å². The van der Waals surface area contributed by atoms with Crippen LogP contribution in [0.2, 0.25) is 0 Å². The summed E-state index contributed by atoms with van der Waals surface area (Å²) in [5, 5.41) is 4.88. The minimum Gasteiger partial charge on any atom is -0.358 e. The van der Waals surface area contributed by atoms with Crippen LogP contribution in [-0.2, 0) is 11.2 Å². The van der Waals surface area contributed by atoms with E-state index in [4.69, 9.17) is 0 Å². The summed E-state index contributed by atoms with van der Waals surface area (Å²) in [6, 6.07) is 5.25. The maximum Gasteiger partial charge on any atom is 0.226 e. The van der Waals surface area contributed by atoms with E-state index in [0.29, 0.717) is 12.0 Å². The number of aromatic nitrogens is 1. The average Bonchev–Trinajstić information content (AvgIpc) is 3.03. The third-order valence-electron chi connectivity index (χ3n) is 7.90. The number of nitrogens with zero attached hydrogens (tertiary/aromatic N) is 1. The second kappa shape index (κ2) is 8.31. The Morgan fingerprint density at radius 3 is 2.70 bits per heavy atom. The first kappa shape index (κ1) is 21.9. The van der Waals surface area contributed by atoms with Gasteiger partial charge in [0.2, 0.25) is 5.91 Å². The van der Waals surface area contributed by atoms with Crippen LogP contribution in [-0.4, -0.2) is 41.0 Å². The van der Waals surface area contributed by atoms with Gasteiger partial charge in [0.1, 0.15) is 0 Å². The molecule has 3 atom stereocenters. The minimum absolute atomic E-state index is 0.207. The Labute approximate surface area is 189 Å². The van der Waals surface area contributed by atoms with E-state index in [2.05, 4.69) is 77.9 Å². The Kier molecular flexibility index (Phi) is 6.06. The summed E-state index contributed by atoms with van der Waals surface area (Å²) in [6.07, 6.45) is 5.03. The number of piperidine rings is 1.